The van der Waals surface area contributed by atoms with E-state index in [1.807, 2.05) is 6.07 Å². The van der Waals surface area contributed by atoms with Crippen molar-refractivity contribution in [3.05, 3.63) is 18.3 Å². The molecule has 3 aromatic rings. The highest BCUT2D eigenvalue weighted by Gasteiger charge is 2.10. The van der Waals surface area contributed by atoms with Crippen molar-refractivity contribution in [1.82, 2.24) is 25.1 Å². The first-order chi connectivity index (χ1) is 7.74. The molecule has 0 fully saturated rings. The number of nitrogen functional groups attached to an aromatic ring is 2. The van der Waals surface area contributed by atoms with Gasteiger partial charge in [-0.3, -0.25) is 5.10 Å². The molecule has 0 saturated carbocycles. The van der Waals surface area contributed by atoms with Crippen molar-refractivity contribution in [3.63, 3.8) is 0 Å². The predicted octanol–water partition coefficient (Wildman–Crippen LogP) is 0.512. The Morgan fingerprint density at radius 3 is 2.75 bits per heavy atom. The number of nitrogens with one attached hydrogen (secondary N) is 2. The minimum Gasteiger partial charge on any atom is -0.384 e. The summed E-state index contributed by atoms with van der Waals surface area (Å²) >= 11 is 0. The summed E-state index contributed by atoms with van der Waals surface area (Å²) < 4.78 is 0. The van der Waals surface area contributed by atoms with E-state index < -0.39 is 0 Å². The van der Waals surface area contributed by atoms with Crippen LogP contribution in [-0.2, 0) is 0 Å². The Labute approximate surface area is 89.9 Å². The number of imidazole rings is 1. The molecular weight excluding hydrogens is 206 g/mol. The van der Waals surface area contributed by atoms with Gasteiger partial charge >= 0.3 is 0 Å². The van der Waals surface area contributed by atoms with Crippen LogP contribution in [0.25, 0.3) is 22.6 Å². The minimum atomic E-state index is 0.436. The van der Waals surface area contributed by atoms with Gasteiger partial charge in [-0.05, 0) is 12.1 Å². The second kappa shape index (κ2) is 2.96. The zero-order valence-corrected chi connectivity index (χ0v) is 8.23. The van der Waals surface area contributed by atoms with Crippen molar-refractivity contribution in [1.29, 1.82) is 0 Å². The van der Waals surface area contributed by atoms with Gasteiger partial charge in [0.2, 0.25) is 0 Å². The van der Waals surface area contributed by atoms with Gasteiger partial charge in [-0.2, -0.15) is 5.10 Å². The van der Waals surface area contributed by atoms with Crippen molar-refractivity contribution in [2.24, 2.45) is 0 Å². The van der Waals surface area contributed by atoms with Crippen LogP contribution in [0.2, 0.25) is 0 Å². The second-order valence-corrected chi connectivity index (χ2v) is 3.39. The van der Waals surface area contributed by atoms with E-state index in [1.165, 1.54) is 0 Å². The number of rotatable bonds is 1. The molecule has 0 amide bonds. The maximum Gasteiger partial charge on any atom is 0.180 e. The summed E-state index contributed by atoms with van der Waals surface area (Å²) in [6.07, 6.45) is 1.61. The first-order valence-electron chi connectivity index (χ1n) is 4.65. The largest absolute Gasteiger partial charge is 0.384 e. The molecule has 0 aliphatic heterocycles. The Hall–Kier alpha value is -2.57. The van der Waals surface area contributed by atoms with Gasteiger partial charge in [0.1, 0.15) is 17.5 Å². The van der Waals surface area contributed by atoms with Crippen LogP contribution in [0.3, 0.4) is 0 Å². The summed E-state index contributed by atoms with van der Waals surface area (Å²) in [7, 11) is 0. The van der Waals surface area contributed by atoms with Gasteiger partial charge in [0, 0.05) is 0 Å². The summed E-state index contributed by atoms with van der Waals surface area (Å²) in [6.45, 7) is 0. The minimum absolute atomic E-state index is 0.436. The number of hydrogen-bond acceptors (Lipinski definition) is 5. The molecule has 3 heterocycles. The van der Waals surface area contributed by atoms with Gasteiger partial charge in [-0.15, -0.1) is 0 Å². The molecule has 7 nitrogen and oxygen atoms in total. The van der Waals surface area contributed by atoms with Gasteiger partial charge in [0.05, 0.1) is 17.3 Å². The molecule has 6 N–H and O–H groups in total. The number of fused-ring (bicyclic) bond motifs is 1. The molecule has 80 valence electrons. The average Bonchev–Trinajstić information content (AvgIpc) is 2.82. The van der Waals surface area contributed by atoms with Gasteiger partial charge in [0.15, 0.2) is 5.65 Å². The maximum atomic E-state index is 5.70. The topological polar surface area (TPSA) is 122 Å². The number of anilines is 2. The summed E-state index contributed by atoms with van der Waals surface area (Å²) in [4.78, 5) is 11.5. The lowest BCUT2D eigenvalue weighted by molar-refractivity contribution is 1.10. The monoisotopic (exact) mass is 215 g/mol. The normalized spacial score (nSPS) is 11.0. The molecule has 0 aliphatic carbocycles. The third-order valence-corrected chi connectivity index (χ3v) is 2.29. The third kappa shape index (κ3) is 1.18. The zero-order valence-electron chi connectivity index (χ0n) is 8.23. The maximum absolute atomic E-state index is 5.70. The highest BCUT2D eigenvalue weighted by atomic mass is 15.2. The Morgan fingerprint density at radius 2 is 2.00 bits per heavy atom. The first kappa shape index (κ1) is 8.72. The van der Waals surface area contributed by atoms with E-state index in [-0.39, 0.29) is 0 Å². The smallest absolute Gasteiger partial charge is 0.180 e. The molecule has 0 atom stereocenters. The molecular formula is C9H9N7. The van der Waals surface area contributed by atoms with Crippen LogP contribution in [-0.4, -0.2) is 25.1 Å². The number of hydrogen-bond donors (Lipinski definition) is 4. The van der Waals surface area contributed by atoms with Crippen LogP contribution in [0.4, 0.5) is 11.6 Å². The summed E-state index contributed by atoms with van der Waals surface area (Å²) in [5.74, 6) is 1.53. The van der Waals surface area contributed by atoms with Crippen LogP contribution in [0.5, 0.6) is 0 Å². The van der Waals surface area contributed by atoms with E-state index >= 15 is 0 Å². The Kier molecular flexibility index (Phi) is 1.61. The van der Waals surface area contributed by atoms with Gasteiger partial charge in [-0.1, -0.05) is 0 Å². The fraction of sp³-hybridized carbons (Fsp3) is 0. The molecule has 0 bridgehead atoms. The summed E-state index contributed by atoms with van der Waals surface area (Å²) in [5, 5.41) is 6.48. The molecule has 0 spiro atoms. The Balaban J connectivity index is 2.23. The van der Waals surface area contributed by atoms with Crippen LogP contribution < -0.4 is 11.5 Å². The molecule has 3 aromatic heterocycles. The Morgan fingerprint density at radius 1 is 1.12 bits per heavy atom. The van der Waals surface area contributed by atoms with Crippen LogP contribution in [0, 0.1) is 0 Å². The molecule has 16 heavy (non-hydrogen) atoms. The number of pyridine rings is 1. The van der Waals surface area contributed by atoms with Crippen LogP contribution >= 0.6 is 0 Å². The van der Waals surface area contributed by atoms with Gasteiger partial charge < -0.3 is 16.5 Å². The molecule has 7 heteroatoms. The number of nitrogens with two attached hydrogens (primary N) is 2. The van der Waals surface area contributed by atoms with E-state index in [1.54, 1.807) is 12.3 Å². The van der Waals surface area contributed by atoms with Gasteiger partial charge in [-0.25, -0.2) is 9.97 Å². The van der Waals surface area contributed by atoms with Crippen LogP contribution in [0.1, 0.15) is 0 Å². The number of aromatic amines is 2. The number of nitrogens with zero attached hydrogens (tertiary/aromatic N) is 3. The van der Waals surface area contributed by atoms with E-state index in [0.29, 0.717) is 23.1 Å². The fourth-order valence-corrected chi connectivity index (χ4v) is 1.52. The Bertz CT molecular complexity index is 651. The lowest BCUT2D eigenvalue weighted by Crippen LogP contribution is -1.89. The van der Waals surface area contributed by atoms with Crippen molar-refractivity contribution in [2.45, 2.75) is 0 Å². The quantitative estimate of drug-likeness (QED) is 0.471. The summed E-state index contributed by atoms with van der Waals surface area (Å²) in [5.41, 5.74) is 13.4. The lowest BCUT2D eigenvalue weighted by Gasteiger charge is -1.90. The highest BCUT2D eigenvalue weighted by molar-refractivity contribution is 5.79. The van der Waals surface area contributed by atoms with Crippen molar-refractivity contribution in [2.75, 3.05) is 11.5 Å². The van der Waals surface area contributed by atoms with E-state index in [2.05, 4.69) is 25.1 Å². The van der Waals surface area contributed by atoms with Gasteiger partial charge in [0.25, 0.3) is 0 Å². The standard InChI is InChI=1S/C9H9N7/c10-6-2-1-5-9(14-6)15-8(13-5)4-3-12-16-7(4)11/h1-3H,(H3,11,12,16)(H3,10,13,14,15). The molecule has 0 radical (unpaired) electrons. The lowest BCUT2D eigenvalue weighted by atomic mass is 10.3. The average molecular weight is 215 g/mol. The van der Waals surface area contributed by atoms with E-state index in [9.17, 15) is 0 Å². The number of aromatic nitrogens is 5. The molecule has 3 rings (SSSR count). The highest BCUT2D eigenvalue weighted by Crippen LogP contribution is 2.23. The van der Waals surface area contributed by atoms with E-state index in [0.717, 1.165) is 11.1 Å². The zero-order chi connectivity index (χ0) is 11.1. The number of H-pyrrole nitrogens is 2. The molecule has 0 aromatic carbocycles. The first-order valence-corrected chi connectivity index (χ1v) is 4.65. The third-order valence-electron chi connectivity index (χ3n) is 2.29. The fourth-order valence-electron chi connectivity index (χ4n) is 1.52. The second-order valence-electron chi connectivity index (χ2n) is 3.39. The van der Waals surface area contributed by atoms with Crippen molar-refractivity contribution in [3.8, 4) is 11.4 Å². The van der Waals surface area contributed by atoms with E-state index in [4.69, 9.17) is 11.5 Å². The molecule has 0 unspecified atom stereocenters. The molecule has 0 saturated heterocycles. The van der Waals surface area contributed by atoms with Crippen molar-refractivity contribution >= 4 is 22.8 Å². The SMILES string of the molecule is Nc1ccc2[nH]c(-c3cn[nH]c3N)nc2n1. The predicted molar refractivity (Wildman–Crippen MR) is 60.3 cm³/mol. The van der Waals surface area contributed by atoms with Crippen molar-refractivity contribution < 1.29 is 0 Å². The van der Waals surface area contributed by atoms with Crippen LogP contribution in [0.15, 0.2) is 18.3 Å². The molecule has 0 aliphatic rings. The summed E-state index contributed by atoms with van der Waals surface area (Å²) in [6, 6.07) is 3.54.